The van der Waals surface area contributed by atoms with E-state index in [1.165, 1.54) is 110 Å². The average Bonchev–Trinajstić information content (AvgIpc) is 4.11. The van der Waals surface area contributed by atoms with Crippen LogP contribution in [0.15, 0.2) is 199 Å². The van der Waals surface area contributed by atoms with E-state index in [4.69, 9.17) is 4.42 Å². The third-order valence-electron chi connectivity index (χ3n) is 15.3. The van der Waals surface area contributed by atoms with Crippen LogP contribution in [-0.2, 0) is 5.41 Å². The van der Waals surface area contributed by atoms with Gasteiger partial charge in [-0.25, -0.2) is 0 Å². The number of nitrogens with zero attached hydrogens (tertiary/aromatic N) is 2. The Kier molecular flexibility index (Phi) is 6.60. The number of furan rings is 1. The molecule has 64 heavy (non-hydrogen) atoms. The van der Waals surface area contributed by atoms with Gasteiger partial charge in [-0.2, -0.15) is 0 Å². The van der Waals surface area contributed by atoms with Crippen molar-refractivity contribution in [3.8, 4) is 22.5 Å². The molecule has 0 amide bonds. The molecule has 4 aliphatic carbocycles. The Hall–Kier alpha value is -7.88. The predicted octanol–water partition coefficient (Wildman–Crippen LogP) is 15.8. The van der Waals surface area contributed by atoms with Gasteiger partial charge in [0.25, 0.3) is 0 Å². The molecule has 0 saturated heterocycles. The first kappa shape index (κ1) is 34.7. The molecule has 8 aromatic carbocycles. The summed E-state index contributed by atoms with van der Waals surface area (Å²) in [5, 5.41) is 7.37. The van der Waals surface area contributed by atoms with Crippen molar-refractivity contribution in [2.75, 3.05) is 0 Å². The zero-order valence-corrected chi connectivity index (χ0v) is 35.4. The van der Waals surface area contributed by atoms with E-state index in [0.717, 1.165) is 22.5 Å². The van der Waals surface area contributed by atoms with Gasteiger partial charge >= 0.3 is 0 Å². The Morgan fingerprint density at radius 2 is 1.05 bits per heavy atom. The number of fused-ring (bicyclic) bond motifs is 15. The molecule has 0 N–H and O–H groups in total. The lowest BCUT2D eigenvalue weighted by Crippen LogP contribution is -2.18. The first-order valence-corrected chi connectivity index (χ1v) is 22.6. The van der Waals surface area contributed by atoms with Crippen LogP contribution in [0.25, 0.3) is 105 Å². The summed E-state index contributed by atoms with van der Waals surface area (Å²) in [6.45, 7) is 4.74. The number of hydrogen-bond donors (Lipinski definition) is 0. The molecule has 2 atom stereocenters. The second-order valence-corrected chi connectivity index (χ2v) is 18.8. The van der Waals surface area contributed by atoms with Gasteiger partial charge in [0.05, 0.1) is 22.1 Å². The van der Waals surface area contributed by atoms with Crippen molar-refractivity contribution in [2.24, 2.45) is 11.8 Å². The quantitative estimate of drug-likeness (QED) is 0.174. The zero-order chi connectivity index (χ0) is 42.0. The van der Waals surface area contributed by atoms with Gasteiger partial charge in [0.15, 0.2) is 0 Å². The minimum absolute atomic E-state index is 0.216. The summed E-state index contributed by atoms with van der Waals surface area (Å²) in [5.41, 5.74) is 22.4. The fourth-order valence-corrected chi connectivity index (χ4v) is 12.4. The van der Waals surface area contributed by atoms with Crippen LogP contribution < -0.4 is 0 Å². The number of rotatable bonds is 3. The van der Waals surface area contributed by atoms with Gasteiger partial charge in [-0.15, -0.1) is 0 Å². The van der Waals surface area contributed by atoms with Crippen LogP contribution in [0.5, 0.6) is 0 Å². The Morgan fingerprint density at radius 3 is 1.89 bits per heavy atom. The van der Waals surface area contributed by atoms with E-state index in [1.807, 2.05) is 0 Å². The van der Waals surface area contributed by atoms with Crippen molar-refractivity contribution in [1.82, 2.24) is 9.13 Å². The molecule has 3 heteroatoms. The molecule has 0 aliphatic heterocycles. The van der Waals surface area contributed by atoms with Crippen molar-refractivity contribution in [1.29, 1.82) is 0 Å². The molecule has 4 aliphatic rings. The Bertz CT molecular complexity index is 4040. The third kappa shape index (κ3) is 4.41. The standard InChI is InChI=1S/C61H40N2O/c1-61(2)52-33-57-50(31-46(52)47-32-51-42-18-9-11-22-58(42)64-59(51)34-53(47)61)41-17-8-10-21-54(41)63(57)37-24-28-56-49(30-37)48-29-35(23-27-55(48)62(56)36-13-4-3-5-14-36)38-25-26-45-40-16-7-6-15-39(40)44-20-12-19-43(38)60(44)45/h3-34,43,60H,1-2H3. The van der Waals surface area contributed by atoms with Gasteiger partial charge in [-0.05, 0) is 135 Å². The number of para-hydroxylation sites is 3. The fraction of sp³-hybridized carbons (Fsp3) is 0.0820. The predicted molar refractivity (Wildman–Crippen MR) is 266 cm³/mol. The SMILES string of the molecule is CC1(C)c2cc3oc4ccccc4c3cc2-c2cc3c4ccccc4n(-c4ccc5c(c4)c4cc(C6=CC=C7c8ccccc8C8=CC=CC6C87)ccc4n5-c4ccccc4)c3cc21. The smallest absolute Gasteiger partial charge is 0.135 e. The van der Waals surface area contributed by atoms with E-state index in [9.17, 15) is 0 Å². The second kappa shape index (κ2) is 12.2. The van der Waals surface area contributed by atoms with Crippen molar-refractivity contribution in [3.05, 3.63) is 222 Å². The average molecular weight is 817 g/mol. The van der Waals surface area contributed by atoms with Crippen LogP contribution in [0.1, 0.15) is 41.7 Å². The summed E-state index contributed by atoms with van der Waals surface area (Å²) in [4.78, 5) is 0. The highest BCUT2D eigenvalue weighted by molar-refractivity contribution is 6.15. The van der Waals surface area contributed by atoms with Gasteiger partial charge in [-0.1, -0.05) is 129 Å². The maximum atomic E-state index is 6.43. The van der Waals surface area contributed by atoms with Gasteiger partial charge in [-0.3, -0.25) is 0 Å². The molecule has 0 bridgehead atoms. The van der Waals surface area contributed by atoms with Crippen LogP contribution in [0.2, 0.25) is 0 Å². The van der Waals surface area contributed by atoms with Crippen molar-refractivity contribution in [3.63, 3.8) is 0 Å². The number of allylic oxidation sites excluding steroid dienone is 8. The first-order valence-electron chi connectivity index (χ1n) is 22.6. The van der Waals surface area contributed by atoms with Gasteiger partial charge in [0, 0.05) is 60.9 Å². The van der Waals surface area contributed by atoms with Crippen molar-refractivity contribution < 1.29 is 4.42 Å². The van der Waals surface area contributed by atoms with E-state index >= 15 is 0 Å². The molecule has 3 aromatic heterocycles. The largest absolute Gasteiger partial charge is 0.456 e. The molecule has 3 nitrogen and oxygen atoms in total. The van der Waals surface area contributed by atoms with Crippen LogP contribution in [0.3, 0.4) is 0 Å². The first-order chi connectivity index (χ1) is 31.5. The molecule has 0 saturated carbocycles. The van der Waals surface area contributed by atoms with Crippen LogP contribution in [0.4, 0.5) is 0 Å². The van der Waals surface area contributed by atoms with Gasteiger partial charge in [0.2, 0.25) is 0 Å². The van der Waals surface area contributed by atoms with Crippen LogP contribution in [-0.4, -0.2) is 9.13 Å². The summed E-state index contributed by atoms with van der Waals surface area (Å²) >= 11 is 0. The highest BCUT2D eigenvalue weighted by Crippen LogP contribution is 2.57. The molecule has 2 unspecified atom stereocenters. The molecular weight excluding hydrogens is 777 g/mol. The van der Waals surface area contributed by atoms with Crippen molar-refractivity contribution in [2.45, 2.75) is 19.3 Å². The summed E-state index contributed by atoms with van der Waals surface area (Å²) in [6, 6.07) is 61.1. The molecule has 11 aromatic rings. The Labute approximate surface area is 369 Å². The zero-order valence-electron chi connectivity index (χ0n) is 35.4. The normalized spacial score (nSPS) is 17.9. The summed E-state index contributed by atoms with van der Waals surface area (Å²) in [5.74, 6) is 0.623. The third-order valence-corrected chi connectivity index (χ3v) is 15.3. The Morgan fingerprint density at radius 1 is 0.422 bits per heavy atom. The highest BCUT2D eigenvalue weighted by atomic mass is 16.3. The van der Waals surface area contributed by atoms with E-state index in [1.54, 1.807) is 0 Å². The van der Waals surface area contributed by atoms with Crippen molar-refractivity contribution >= 4 is 82.3 Å². The van der Waals surface area contributed by atoms with E-state index in [0.29, 0.717) is 5.92 Å². The Balaban J connectivity index is 0.944. The molecule has 300 valence electrons. The summed E-state index contributed by atoms with van der Waals surface area (Å²) in [6.07, 6.45) is 11.8. The van der Waals surface area contributed by atoms with E-state index in [2.05, 4.69) is 217 Å². The molecule has 0 fully saturated rings. The van der Waals surface area contributed by atoms with Crippen LogP contribution in [0, 0.1) is 11.8 Å². The highest BCUT2D eigenvalue weighted by Gasteiger charge is 2.41. The van der Waals surface area contributed by atoms with E-state index in [-0.39, 0.29) is 11.3 Å². The minimum Gasteiger partial charge on any atom is -0.456 e. The fourth-order valence-electron chi connectivity index (χ4n) is 12.4. The molecule has 0 radical (unpaired) electrons. The maximum absolute atomic E-state index is 6.43. The summed E-state index contributed by atoms with van der Waals surface area (Å²) in [7, 11) is 0. The lowest BCUT2D eigenvalue weighted by atomic mass is 9.72. The number of benzene rings is 8. The topological polar surface area (TPSA) is 23.0 Å². The molecule has 0 spiro atoms. The monoisotopic (exact) mass is 816 g/mol. The summed E-state index contributed by atoms with van der Waals surface area (Å²) < 4.78 is 11.4. The van der Waals surface area contributed by atoms with Crippen LogP contribution >= 0.6 is 0 Å². The van der Waals surface area contributed by atoms with Gasteiger partial charge in [0.1, 0.15) is 11.2 Å². The molecular formula is C61H40N2O. The molecule has 15 rings (SSSR count). The lowest BCUT2D eigenvalue weighted by Gasteiger charge is -2.31. The van der Waals surface area contributed by atoms with Gasteiger partial charge < -0.3 is 13.6 Å². The maximum Gasteiger partial charge on any atom is 0.135 e. The number of hydrogen-bond acceptors (Lipinski definition) is 1. The van der Waals surface area contributed by atoms with E-state index < -0.39 is 0 Å². The number of aromatic nitrogens is 2. The molecule has 3 heterocycles. The second-order valence-electron chi connectivity index (χ2n) is 18.8. The minimum atomic E-state index is -0.216. The lowest BCUT2D eigenvalue weighted by molar-refractivity contribution is 0.647.